The van der Waals surface area contributed by atoms with Crippen molar-refractivity contribution in [1.29, 1.82) is 0 Å². The van der Waals surface area contributed by atoms with Crippen molar-refractivity contribution in [2.75, 3.05) is 27.4 Å². The number of methoxy groups -OCH3 is 2. The molecule has 2 aromatic carbocycles. The molecule has 0 bridgehead atoms. The summed E-state index contributed by atoms with van der Waals surface area (Å²) in [6.45, 7) is 6.57. The van der Waals surface area contributed by atoms with Gasteiger partial charge in [0.25, 0.3) is 6.57 Å². The lowest BCUT2D eigenvalue weighted by Crippen LogP contribution is -2.35. The largest absolute Gasteiger partial charge is 0.504 e. The van der Waals surface area contributed by atoms with E-state index in [1.807, 2.05) is 0 Å². The topological polar surface area (TPSA) is 81.7 Å². The lowest BCUT2D eigenvalue weighted by atomic mass is 9.78. The molecular formula is C21H22NO6+. The molecule has 7 nitrogen and oxygen atoms in total. The van der Waals surface area contributed by atoms with Crippen LogP contribution in [-0.2, 0) is 9.47 Å². The van der Waals surface area contributed by atoms with Crippen LogP contribution in [0.15, 0.2) is 36.4 Å². The Hall–Kier alpha value is -2.95. The Morgan fingerprint density at radius 2 is 1.61 bits per heavy atom. The van der Waals surface area contributed by atoms with Crippen LogP contribution >= 0.6 is 0 Å². The minimum atomic E-state index is -0.766. The number of aromatic hydroxyl groups is 2. The predicted molar refractivity (Wildman–Crippen MR) is 101 cm³/mol. The smallest absolute Gasteiger partial charge is 0.340 e. The van der Waals surface area contributed by atoms with Crippen LogP contribution in [0.5, 0.6) is 23.0 Å². The number of nitrogens with zero attached hydrogens (tertiary/aromatic N) is 1. The van der Waals surface area contributed by atoms with Crippen molar-refractivity contribution in [2.45, 2.75) is 17.7 Å². The monoisotopic (exact) mass is 384 g/mol. The van der Waals surface area contributed by atoms with Gasteiger partial charge in [-0.15, -0.1) is 0 Å². The summed E-state index contributed by atoms with van der Waals surface area (Å²) in [5.41, 5.74) is 0.897. The minimum Gasteiger partial charge on any atom is -0.504 e. The summed E-state index contributed by atoms with van der Waals surface area (Å²) in [6.07, 6.45) is -0.730. The third-order valence-corrected chi connectivity index (χ3v) is 5.68. The van der Waals surface area contributed by atoms with Gasteiger partial charge in [-0.2, -0.15) is 0 Å². The fourth-order valence-corrected chi connectivity index (χ4v) is 4.20. The number of ether oxygens (including phenoxy) is 4. The lowest BCUT2D eigenvalue weighted by Gasteiger charge is -2.19. The second-order valence-electron chi connectivity index (χ2n) is 7.03. The van der Waals surface area contributed by atoms with Gasteiger partial charge < -0.3 is 29.2 Å². The van der Waals surface area contributed by atoms with E-state index in [1.165, 1.54) is 14.2 Å². The van der Waals surface area contributed by atoms with Crippen LogP contribution in [-0.4, -0.2) is 43.2 Å². The van der Waals surface area contributed by atoms with Crippen LogP contribution < -0.4 is 9.47 Å². The third-order valence-electron chi connectivity index (χ3n) is 5.68. The third kappa shape index (κ3) is 2.65. The van der Waals surface area contributed by atoms with E-state index in [2.05, 4.69) is 4.85 Å². The van der Waals surface area contributed by atoms with E-state index in [4.69, 9.17) is 25.5 Å². The molecule has 0 radical (unpaired) electrons. The van der Waals surface area contributed by atoms with Gasteiger partial charge in [0, 0.05) is 0 Å². The number of hydrogen-bond donors (Lipinski definition) is 2. The van der Waals surface area contributed by atoms with E-state index >= 15 is 0 Å². The first kappa shape index (κ1) is 18.4. The van der Waals surface area contributed by atoms with Gasteiger partial charge in [0.2, 0.25) is 0 Å². The van der Waals surface area contributed by atoms with Crippen molar-refractivity contribution < 1.29 is 29.2 Å². The van der Waals surface area contributed by atoms with Crippen LogP contribution in [0.1, 0.15) is 23.3 Å². The second kappa shape index (κ2) is 6.89. The highest BCUT2D eigenvalue weighted by molar-refractivity contribution is 5.46. The summed E-state index contributed by atoms with van der Waals surface area (Å²) in [7, 11) is 2.99. The average molecular weight is 384 g/mol. The van der Waals surface area contributed by atoms with E-state index < -0.39 is 11.6 Å². The summed E-state index contributed by atoms with van der Waals surface area (Å²) >= 11 is 0. The Labute approximate surface area is 162 Å². The number of rotatable bonds is 4. The van der Waals surface area contributed by atoms with Crippen LogP contribution in [0.25, 0.3) is 4.85 Å². The number of hydrogen-bond acceptors (Lipinski definition) is 6. The normalized spacial score (nSPS) is 28.5. The molecular weight excluding hydrogens is 362 g/mol. The molecule has 2 aliphatic rings. The van der Waals surface area contributed by atoms with Crippen LogP contribution in [0, 0.1) is 12.5 Å². The number of phenolic OH excluding ortho intramolecular Hbond substituents is 2. The predicted octanol–water partition coefficient (Wildman–Crippen LogP) is 3.28. The van der Waals surface area contributed by atoms with Crippen LogP contribution in [0.4, 0.5) is 0 Å². The fourth-order valence-electron chi connectivity index (χ4n) is 4.20. The second-order valence-corrected chi connectivity index (χ2v) is 7.03. The van der Waals surface area contributed by atoms with Gasteiger partial charge in [0.15, 0.2) is 29.1 Å². The van der Waals surface area contributed by atoms with Gasteiger partial charge in [-0.3, -0.25) is 0 Å². The molecule has 4 rings (SSSR count). The number of fused-ring (bicyclic) bond motifs is 1. The van der Waals surface area contributed by atoms with Crippen molar-refractivity contribution in [3.05, 3.63) is 52.4 Å². The molecule has 28 heavy (non-hydrogen) atoms. The molecule has 0 amide bonds. The van der Waals surface area contributed by atoms with Crippen LogP contribution in [0.2, 0.25) is 0 Å². The summed E-state index contributed by atoms with van der Waals surface area (Å²) in [5.74, 6) is 0.737. The molecule has 2 N–H and O–H groups in total. The molecule has 7 heteroatoms. The van der Waals surface area contributed by atoms with Gasteiger partial charge in [-0.25, -0.2) is 0 Å². The molecule has 0 spiro atoms. The first-order valence-corrected chi connectivity index (χ1v) is 8.93. The molecule has 0 aliphatic carbocycles. The molecule has 2 fully saturated rings. The Bertz CT molecular complexity index is 939. The van der Waals surface area contributed by atoms with Crippen LogP contribution in [0.3, 0.4) is 0 Å². The maximum atomic E-state index is 9.88. The molecule has 0 aromatic heterocycles. The number of phenols is 2. The molecule has 2 aromatic rings. The SMILES string of the molecule is C#[N+]C12COC(c3ccc(O)c(OC)c3)C1COC2c1ccc(O)c(OC)c1. The first-order chi connectivity index (χ1) is 13.5. The summed E-state index contributed by atoms with van der Waals surface area (Å²) in [5, 5.41) is 19.7. The lowest BCUT2D eigenvalue weighted by molar-refractivity contribution is 0.0188. The van der Waals surface area contributed by atoms with Crippen molar-refractivity contribution >= 4 is 0 Å². The summed E-state index contributed by atoms with van der Waals surface area (Å²) in [6, 6.07) is 10.2. The van der Waals surface area contributed by atoms with E-state index in [0.29, 0.717) is 18.1 Å². The Morgan fingerprint density at radius 1 is 1.00 bits per heavy atom. The minimum absolute atomic E-state index is 0.0521. The summed E-state index contributed by atoms with van der Waals surface area (Å²) < 4.78 is 22.6. The highest BCUT2D eigenvalue weighted by atomic mass is 16.5. The molecule has 2 heterocycles. The quantitative estimate of drug-likeness (QED) is 0.842. The zero-order chi connectivity index (χ0) is 19.9. The van der Waals surface area contributed by atoms with Gasteiger partial charge in [0.05, 0.1) is 26.9 Å². The van der Waals surface area contributed by atoms with E-state index in [-0.39, 0.29) is 30.1 Å². The van der Waals surface area contributed by atoms with Crippen molar-refractivity contribution in [2.24, 2.45) is 5.92 Å². The van der Waals surface area contributed by atoms with Crippen molar-refractivity contribution in [3.8, 4) is 29.6 Å². The highest BCUT2D eigenvalue weighted by Crippen LogP contribution is 2.56. The Morgan fingerprint density at radius 3 is 2.21 bits per heavy atom. The van der Waals surface area contributed by atoms with Gasteiger partial charge in [-0.1, -0.05) is 17.0 Å². The Balaban J connectivity index is 1.69. The average Bonchev–Trinajstić information content (AvgIpc) is 3.26. The zero-order valence-corrected chi connectivity index (χ0v) is 15.7. The molecule has 146 valence electrons. The van der Waals surface area contributed by atoms with Gasteiger partial charge >= 0.3 is 5.54 Å². The summed E-state index contributed by atoms with van der Waals surface area (Å²) in [4.78, 5) is 4.22. The maximum Gasteiger partial charge on any atom is 0.340 e. The van der Waals surface area contributed by atoms with Gasteiger partial charge in [-0.05, 0) is 35.4 Å². The zero-order valence-electron chi connectivity index (χ0n) is 15.7. The fraction of sp³-hybridized carbons (Fsp3) is 0.381. The molecule has 4 atom stereocenters. The molecule has 4 unspecified atom stereocenters. The van der Waals surface area contributed by atoms with E-state index in [1.54, 1.807) is 36.4 Å². The standard InChI is InChI=1S/C21H21NO6/c1-22-21-11-28-19(12-4-6-15(23)17(8-12)25-2)14(21)10-27-20(21)13-5-7-16(24)18(9-13)26-3/h1,4-9,14,19-20H,10-11H2,2-3H3,(H-,23,24)/p+1. The first-order valence-electron chi connectivity index (χ1n) is 8.93. The van der Waals surface area contributed by atoms with E-state index in [0.717, 1.165) is 11.1 Å². The molecule has 2 aliphatic heterocycles. The molecule has 2 saturated heterocycles. The Kier molecular flexibility index (Phi) is 4.53. The van der Waals surface area contributed by atoms with Crippen molar-refractivity contribution in [3.63, 3.8) is 0 Å². The van der Waals surface area contributed by atoms with E-state index in [9.17, 15) is 10.2 Å². The van der Waals surface area contributed by atoms with Crippen molar-refractivity contribution in [1.82, 2.24) is 0 Å². The van der Waals surface area contributed by atoms with Gasteiger partial charge in [0.1, 0.15) is 12.5 Å². The molecule has 0 saturated carbocycles. The highest BCUT2D eigenvalue weighted by Gasteiger charge is 2.69. The maximum absolute atomic E-state index is 9.88. The number of benzene rings is 2.